The van der Waals surface area contributed by atoms with Gasteiger partial charge in [0, 0.05) is 33.5 Å². The molecule has 4 heteroatoms. The Morgan fingerprint density at radius 3 is 2.87 bits per heavy atom. The molecule has 80 valence electrons. The molecule has 1 heterocycles. The van der Waals surface area contributed by atoms with Crippen LogP contribution in [-0.4, -0.2) is 32.3 Å². The molecule has 15 heavy (non-hydrogen) atoms. The Kier molecular flexibility index (Phi) is 4.58. The Bertz CT molecular complexity index is 329. The minimum Gasteiger partial charge on any atom is -0.385 e. The first-order chi connectivity index (χ1) is 7.27. The lowest BCUT2D eigenvalue weighted by molar-refractivity contribution is 0.196. The zero-order valence-corrected chi connectivity index (χ0v) is 9.10. The van der Waals surface area contributed by atoms with Crippen molar-refractivity contribution in [1.29, 1.82) is 5.26 Å². The van der Waals surface area contributed by atoms with E-state index >= 15 is 0 Å². The van der Waals surface area contributed by atoms with Gasteiger partial charge in [-0.15, -0.1) is 0 Å². The Balaban J connectivity index is 2.51. The molecule has 0 saturated carbocycles. The largest absolute Gasteiger partial charge is 0.385 e. The molecule has 0 aliphatic rings. The quantitative estimate of drug-likeness (QED) is 0.682. The van der Waals surface area contributed by atoms with Crippen molar-refractivity contribution in [2.45, 2.75) is 6.42 Å². The van der Waals surface area contributed by atoms with Gasteiger partial charge in [-0.3, -0.25) is 0 Å². The van der Waals surface area contributed by atoms with Gasteiger partial charge in [0.05, 0.1) is 5.56 Å². The molecule has 4 nitrogen and oxygen atoms in total. The molecule has 0 aliphatic heterocycles. The molecule has 1 rings (SSSR count). The van der Waals surface area contributed by atoms with E-state index in [-0.39, 0.29) is 0 Å². The monoisotopic (exact) mass is 205 g/mol. The van der Waals surface area contributed by atoms with E-state index in [0.29, 0.717) is 5.56 Å². The van der Waals surface area contributed by atoms with Crippen molar-refractivity contribution in [2.24, 2.45) is 0 Å². The molecule has 0 N–H and O–H groups in total. The van der Waals surface area contributed by atoms with Crippen LogP contribution < -0.4 is 4.90 Å². The normalized spacial score (nSPS) is 9.67. The lowest BCUT2D eigenvalue weighted by Gasteiger charge is -2.17. The van der Waals surface area contributed by atoms with Crippen molar-refractivity contribution in [3.8, 4) is 6.07 Å². The third-order valence-corrected chi connectivity index (χ3v) is 2.11. The minimum atomic E-state index is 0.587. The van der Waals surface area contributed by atoms with Crippen LogP contribution in [0.25, 0.3) is 0 Å². The summed E-state index contributed by atoms with van der Waals surface area (Å²) in [5, 5.41) is 8.62. The van der Waals surface area contributed by atoms with Gasteiger partial charge in [0.15, 0.2) is 0 Å². The topological polar surface area (TPSA) is 49.1 Å². The van der Waals surface area contributed by atoms with Crippen molar-refractivity contribution >= 4 is 5.82 Å². The second kappa shape index (κ2) is 5.99. The summed E-state index contributed by atoms with van der Waals surface area (Å²) in [7, 11) is 3.67. The van der Waals surface area contributed by atoms with Crippen LogP contribution in [-0.2, 0) is 4.74 Å². The number of anilines is 1. The van der Waals surface area contributed by atoms with Crippen molar-refractivity contribution in [3.63, 3.8) is 0 Å². The van der Waals surface area contributed by atoms with Crippen molar-refractivity contribution in [3.05, 3.63) is 23.9 Å². The number of rotatable bonds is 5. The maximum atomic E-state index is 8.62. The van der Waals surface area contributed by atoms with E-state index in [1.807, 2.05) is 24.1 Å². The molecular formula is C11H15N3O. The zero-order valence-electron chi connectivity index (χ0n) is 9.10. The molecule has 0 spiro atoms. The van der Waals surface area contributed by atoms with Crippen LogP contribution in [0.4, 0.5) is 5.82 Å². The van der Waals surface area contributed by atoms with Gasteiger partial charge in [-0.25, -0.2) is 4.98 Å². The van der Waals surface area contributed by atoms with Crippen LogP contribution in [0.3, 0.4) is 0 Å². The van der Waals surface area contributed by atoms with Crippen LogP contribution >= 0.6 is 0 Å². The predicted octanol–water partition coefficient (Wildman–Crippen LogP) is 1.43. The number of methoxy groups -OCH3 is 1. The smallest absolute Gasteiger partial charge is 0.128 e. The number of aromatic nitrogens is 1. The summed E-state index contributed by atoms with van der Waals surface area (Å²) in [6.45, 7) is 1.65. The Hall–Kier alpha value is -1.60. The first-order valence-electron chi connectivity index (χ1n) is 4.84. The van der Waals surface area contributed by atoms with Crippen molar-refractivity contribution in [1.82, 2.24) is 4.98 Å². The molecule has 0 atom stereocenters. The highest BCUT2D eigenvalue weighted by Crippen LogP contribution is 2.09. The molecule has 0 bridgehead atoms. The molecular weight excluding hydrogens is 190 g/mol. The number of nitriles is 1. The summed E-state index contributed by atoms with van der Waals surface area (Å²) >= 11 is 0. The molecule has 0 aromatic carbocycles. The molecule has 0 aliphatic carbocycles. The van der Waals surface area contributed by atoms with Crippen LogP contribution in [0.15, 0.2) is 18.3 Å². The lowest BCUT2D eigenvalue weighted by Crippen LogP contribution is -2.20. The summed E-state index contributed by atoms with van der Waals surface area (Å²) in [5.41, 5.74) is 0.587. The van der Waals surface area contributed by atoms with Gasteiger partial charge < -0.3 is 9.64 Å². The first kappa shape index (κ1) is 11.5. The lowest BCUT2D eigenvalue weighted by atomic mass is 10.3. The highest BCUT2D eigenvalue weighted by molar-refractivity contribution is 5.40. The van der Waals surface area contributed by atoms with Gasteiger partial charge in [0.1, 0.15) is 11.9 Å². The fourth-order valence-corrected chi connectivity index (χ4v) is 1.24. The van der Waals surface area contributed by atoms with E-state index < -0.39 is 0 Å². The van der Waals surface area contributed by atoms with Gasteiger partial charge in [-0.1, -0.05) is 0 Å². The molecule has 0 saturated heterocycles. The SMILES string of the molecule is COCCCN(C)c1ccc(C#N)cn1. The second-order valence-electron chi connectivity index (χ2n) is 3.28. The van der Waals surface area contributed by atoms with E-state index in [1.165, 1.54) is 0 Å². The van der Waals surface area contributed by atoms with E-state index in [2.05, 4.69) is 4.98 Å². The van der Waals surface area contributed by atoms with Gasteiger partial charge in [-0.2, -0.15) is 5.26 Å². The van der Waals surface area contributed by atoms with Crippen LogP contribution in [0.5, 0.6) is 0 Å². The predicted molar refractivity (Wildman–Crippen MR) is 58.7 cm³/mol. The third kappa shape index (κ3) is 3.56. The van der Waals surface area contributed by atoms with Gasteiger partial charge in [0.2, 0.25) is 0 Å². The number of nitrogens with zero attached hydrogens (tertiary/aromatic N) is 3. The standard InChI is InChI=1S/C11H15N3O/c1-14(6-3-7-15-2)11-5-4-10(8-12)9-13-11/h4-5,9H,3,6-7H2,1-2H3. The van der Waals surface area contributed by atoms with Crippen LogP contribution in [0.1, 0.15) is 12.0 Å². The molecule has 0 unspecified atom stereocenters. The van der Waals surface area contributed by atoms with Gasteiger partial charge in [0.25, 0.3) is 0 Å². The Morgan fingerprint density at radius 1 is 1.53 bits per heavy atom. The fraction of sp³-hybridized carbons (Fsp3) is 0.455. The highest BCUT2D eigenvalue weighted by Gasteiger charge is 2.01. The molecule has 1 aromatic heterocycles. The van der Waals surface area contributed by atoms with E-state index in [4.69, 9.17) is 10.00 Å². The molecule has 0 radical (unpaired) electrons. The third-order valence-electron chi connectivity index (χ3n) is 2.11. The highest BCUT2D eigenvalue weighted by atomic mass is 16.5. The van der Waals surface area contributed by atoms with Crippen molar-refractivity contribution < 1.29 is 4.74 Å². The first-order valence-corrected chi connectivity index (χ1v) is 4.84. The average molecular weight is 205 g/mol. The molecule has 1 aromatic rings. The summed E-state index contributed by atoms with van der Waals surface area (Å²) in [6.07, 6.45) is 2.55. The maximum Gasteiger partial charge on any atom is 0.128 e. The molecule has 0 fully saturated rings. The summed E-state index contributed by atoms with van der Waals surface area (Å²) in [5.74, 6) is 0.880. The van der Waals surface area contributed by atoms with E-state index in [9.17, 15) is 0 Å². The second-order valence-corrected chi connectivity index (χ2v) is 3.28. The van der Waals surface area contributed by atoms with Gasteiger partial charge >= 0.3 is 0 Å². The Morgan fingerprint density at radius 2 is 2.33 bits per heavy atom. The summed E-state index contributed by atoms with van der Waals surface area (Å²) in [6, 6.07) is 5.67. The fourth-order valence-electron chi connectivity index (χ4n) is 1.24. The maximum absolute atomic E-state index is 8.62. The van der Waals surface area contributed by atoms with Crippen molar-refractivity contribution in [2.75, 3.05) is 32.2 Å². The zero-order chi connectivity index (χ0) is 11.1. The average Bonchev–Trinajstić information content (AvgIpc) is 2.29. The summed E-state index contributed by atoms with van der Waals surface area (Å²) in [4.78, 5) is 6.23. The number of pyridine rings is 1. The number of hydrogen-bond donors (Lipinski definition) is 0. The number of hydrogen-bond acceptors (Lipinski definition) is 4. The Labute approximate surface area is 90.1 Å². The van der Waals surface area contributed by atoms with Crippen LogP contribution in [0, 0.1) is 11.3 Å². The number of ether oxygens (including phenoxy) is 1. The van der Waals surface area contributed by atoms with E-state index in [0.717, 1.165) is 25.4 Å². The molecule has 0 amide bonds. The van der Waals surface area contributed by atoms with Gasteiger partial charge in [-0.05, 0) is 18.6 Å². The summed E-state index contributed by atoms with van der Waals surface area (Å²) < 4.78 is 4.97. The van der Waals surface area contributed by atoms with Crippen LogP contribution in [0.2, 0.25) is 0 Å². The van der Waals surface area contributed by atoms with E-state index in [1.54, 1.807) is 19.4 Å². The minimum absolute atomic E-state index is 0.587.